The molecule has 9 nitrogen and oxygen atoms in total. The zero-order valence-electron chi connectivity index (χ0n) is 19.6. The molecule has 1 aliphatic carbocycles. The fourth-order valence-corrected chi connectivity index (χ4v) is 4.94. The summed E-state index contributed by atoms with van der Waals surface area (Å²) in [5.41, 5.74) is 13.9. The average Bonchev–Trinajstić information content (AvgIpc) is 3.26. The van der Waals surface area contributed by atoms with Crippen molar-refractivity contribution >= 4 is 34.4 Å². The van der Waals surface area contributed by atoms with E-state index in [4.69, 9.17) is 16.5 Å². The molecular formula is C24H31N7O2S. The molecule has 3 heterocycles. The first-order valence-corrected chi connectivity index (χ1v) is 12.2. The van der Waals surface area contributed by atoms with E-state index in [-0.39, 0.29) is 17.8 Å². The number of rotatable bonds is 7. The Kier molecular flexibility index (Phi) is 6.83. The lowest BCUT2D eigenvalue weighted by Crippen LogP contribution is -2.42. The molecule has 0 aromatic carbocycles. The van der Waals surface area contributed by atoms with Crippen molar-refractivity contribution in [3.63, 3.8) is 0 Å². The molecule has 0 aliphatic heterocycles. The maximum atomic E-state index is 12.0. The molecule has 0 spiro atoms. The summed E-state index contributed by atoms with van der Waals surface area (Å²) in [6.07, 6.45) is 7.56. The first-order chi connectivity index (χ1) is 16.1. The summed E-state index contributed by atoms with van der Waals surface area (Å²) in [7, 11) is 0. The van der Waals surface area contributed by atoms with Crippen LogP contribution in [-0.4, -0.2) is 38.0 Å². The van der Waals surface area contributed by atoms with Crippen LogP contribution in [0.25, 0.3) is 10.6 Å². The second-order valence-electron chi connectivity index (χ2n) is 9.31. The molecule has 34 heavy (non-hydrogen) atoms. The van der Waals surface area contributed by atoms with E-state index in [1.54, 1.807) is 26.2 Å². The minimum absolute atomic E-state index is 0.0789. The molecule has 2 atom stereocenters. The Hall–Kier alpha value is -3.08. The standard InChI is InChI=1S/C24H31N7O2S/c1-13-8-17(19-12-28-23(34-19)24(2,3)33)30-20(9-13)31-18-10-14(11-27-21(18)22(26)32)29-16-7-5-4-6-15(16)25/h8-12,15-16,29,33H,4-7,25H2,1-3H3,(H2,26,32)(H,30,31)/t15-,16+/m0/s1. The molecule has 180 valence electrons. The largest absolute Gasteiger partial charge is 0.383 e. The number of nitrogens with one attached hydrogen (secondary N) is 2. The van der Waals surface area contributed by atoms with Crippen LogP contribution in [-0.2, 0) is 5.60 Å². The monoisotopic (exact) mass is 481 g/mol. The van der Waals surface area contributed by atoms with E-state index in [0.717, 1.165) is 41.8 Å². The Morgan fingerprint density at radius 3 is 2.62 bits per heavy atom. The zero-order valence-corrected chi connectivity index (χ0v) is 20.4. The molecule has 0 unspecified atom stereocenters. The highest BCUT2D eigenvalue weighted by Crippen LogP contribution is 2.33. The van der Waals surface area contributed by atoms with Gasteiger partial charge in [0.25, 0.3) is 5.91 Å². The van der Waals surface area contributed by atoms with E-state index in [2.05, 4.69) is 20.6 Å². The lowest BCUT2D eigenvalue weighted by Gasteiger charge is -2.30. The van der Waals surface area contributed by atoms with Crippen molar-refractivity contribution in [2.45, 2.75) is 64.1 Å². The maximum absolute atomic E-state index is 12.0. The fourth-order valence-electron chi connectivity index (χ4n) is 4.06. The number of aryl methyl sites for hydroxylation is 1. The highest BCUT2D eigenvalue weighted by molar-refractivity contribution is 7.15. The van der Waals surface area contributed by atoms with Gasteiger partial charge < -0.3 is 27.2 Å². The first-order valence-electron chi connectivity index (χ1n) is 11.4. The Morgan fingerprint density at radius 1 is 1.18 bits per heavy atom. The summed E-state index contributed by atoms with van der Waals surface area (Å²) in [6.45, 7) is 5.36. The number of aliphatic hydroxyl groups is 1. The number of thiazole rings is 1. The van der Waals surface area contributed by atoms with E-state index in [9.17, 15) is 9.90 Å². The number of hydrogen-bond acceptors (Lipinski definition) is 9. The summed E-state index contributed by atoms with van der Waals surface area (Å²) in [4.78, 5) is 26.2. The van der Waals surface area contributed by atoms with E-state index < -0.39 is 11.5 Å². The topological polar surface area (TPSA) is 152 Å². The summed E-state index contributed by atoms with van der Waals surface area (Å²) in [6, 6.07) is 5.88. The first kappa shape index (κ1) is 24.1. The van der Waals surface area contributed by atoms with Gasteiger partial charge in [-0.25, -0.2) is 15.0 Å². The lowest BCUT2D eigenvalue weighted by molar-refractivity contribution is 0.0782. The van der Waals surface area contributed by atoms with Crippen molar-refractivity contribution < 1.29 is 9.90 Å². The van der Waals surface area contributed by atoms with Crippen LogP contribution < -0.4 is 22.1 Å². The van der Waals surface area contributed by atoms with Gasteiger partial charge in [0.05, 0.1) is 28.1 Å². The molecule has 10 heteroatoms. The number of nitrogens with two attached hydrogens (primary N) is 2. The van der Waals surface area contributed by atoms with Crippen molar-refractivity contribution in [2.75, 3.05) is 10.6 Å². The smallest absolute Gasteiger partial charge is 0.269 e. The van der Waals surface area contributed by atoms with Gasteiger partial charge >= 0.3 is 0 Å². The number of aromatic nitrogens is 3. The van der Waals surface area contributed by atoms with Crippen LogP contribution in [0.2, 0.25) is 0 Å². The normalized spacial score (nSPS) is 18.5. The molecule has 3 aromatic rings. The Labute approximate surface area is 203 Å². The van der Waals surface area contributed by atoms with E-state index >= 15 is 0 Å². The van der Waals surface area contributed by atoms with Crippen LogP contribution in [0.3, 0.4) is 0 Å². The third-order valence-electron chi connectivity index (χ3n) is 5.81. The van der Waals surface area contributed by atoms with Gasteiger partial charge in [-0.1, -0.05) is 12.8 Å². The molecular weight excluding hydrogens is 450 g/mol. The van der Waals surface area contributed by atoms with Crippen LogP contribution in [0.15, 0.2) is 30.6 Å². The predicted octanol–water partition coefficient (Wildman–Crippen LogP) is 3.66. The minimum atomic E-state index is -1.02. The van der Waals surface area contributed by atoms with Crippen molar-refractivity contribution in [3.05, 3.63) is 46.9 Å². The molecule has 0 radical (unpaired) electrons. The van der Waals surface area contributed by atoms with Crippen LogP contribution in [0, 0.1) is 6.92 Å². The quantitative estimate of drug-likeness (QED) is 0.343. The van der Waals surface area contributed by atoms with Gasteiger partial charge in [-0.2, -0.15) is 0 Å². The number of primary amides is 1. The summed E-state index contributed by atoms with van der Waals surface area (Å²) < 4.78 is 0. The van der Waals surface area contributed by atoms with Gasteiger partial charge in [-0.15, -0.1) is 11.3 Å². The number of amides is 1. The van der Waals surface area contributed by atoms with Gasteiger partial charge in [0.1, 0.15) is 16.4 Å². The van der Waals surface area contributed by atoms with Gasteiger partial charge in [0, 0.05) is 18.3 Å². The number of anilines is 3. The third-order valence-corrected chi connectivity index (χ3v) is 7.14. The number of carbonyl (C=O) groups excluding carboxylic acids is 1. The van der Waals surface area contributed by atoms with E-state index in [0.29, 0.717) is 22.2 Å². The summed E-state index contributed by atoms with van der Waals surface area (Å²) >= 11 is 1.39. The Morgan fingerprint density at radius 2 is 1.94 bits per heavy atom. The molecule has 1 aliphatic rings. The van der Waals surface area contributed by atoms with Gasteiger partial charge in [0.15, 0.2) is 5.69 Å². The van der Waals surface area contributed by atoms with Gasteiger partial charge in [0.2, 0.25) is 0 Å². The van der Waals surface area contributed by atoms with Crippen LogP contribution in [0.1, 0.15) is 60.6 Å². The molecule has 7 N–H and O–H groups in total. The summed E-state index contributed by atoms with van der Waals surface area (Å²) in [5, 5.41) is 17.5. The van der Waals surface area contributed by atoms with Crippen LogP contribution in [0.4, 0.5) is 17.2 Å². The van der Waals surface area contributed by atoms with Crippen LogP contribution >= 0.6 is 11.3 Å². The predicted molar refractivity (Wildman–Crippen MR) is 135 cm³/mol. The lowest BCUT2D eigenvalue weighted by atomic mass is 9.91. The van der Waals surface area contributed by atoms with E-state index in [1.165, 1.54) is 11.3 Å². The van der Waals surface area contributed by atoms with Gasteiger partial charge in [-0.05, 0) is 57.4 Å². The highest BCUT2D eigenvalue weighted by atomic mass is 32.1. The number of pyridine rings is 2. The second kappa shape index (κ2) is 9.65. The molecule has 4 rings (SSSR count). The molecule has 0 bridgehead atoms. The molecule has 1 fully saturated rings. The Balaban J connectivity index is 1.63. The van der Waals surface area contributed by atoms with Gasteiger partial charge in [-0.3, -0.25) is 4.79 Å². The maximum Gasteiger partial charge on any atom is 0.269 e. The number of nitrogens with zero attached hydrogens (tertiary/aromatic N) is 3. The van der Waals surface area contributed by atoms with Crippen molar-refractivity contribution in [1.82, 2.24) is 15.0 Å². The Bertz CT molecular complexity index is 1190. The van der Waals surface area contributed by atoms with Crippen molar-refractivity contribution in [2.24, 2.45) is 11.5 Å². The second-order valence-corrected chi connectivity index (χ2v) is 10.3. The zero-order chi connectivity index (χ0) is 24.5. The van der Waals surface area contributed by atoms with E-state index in [1.807, 2.05) is 25.1 Å². The number of hydrogen-bond donors (Lipinski definition) is 5. The molecule has 1 saturated carbocycles. The van der Waals surface area contributed by atoms with Crippen molar-refractivity contribution in [3.8, 4) is 10.6 Å². The average molecular weight is 482 g/mol. The number of carbonyl (C=O) groups is 1. The minimum Gasteiger partial charge on any atom is -0.383 e. The summed E-state index contributed by atoms with van der Waals surface area (Å²) in [5.74, 6) is -0.0856. The SMILES string of the molecule is Cc1cc(Nc2cc(N[C@@H]3CCCC[C@@H]3N)cnc2C(N)=O)nc(-c2cnc(C(C)(C)O)s2)c1. The van der Waals surface area contributed by atoms with Crippen LogP contribution in [0.5, 0.6) is 0 Å². The molecule has 0 saturated heterocycles. The van der Waals surface area contributed by atoms with Crippen molar-refractivity contribution in [1.29, 1.82) is 0 Å². The fraction of sp³-hybridized carbons (Fsp3) is 0.417. The molecule has 1 amide bonds. The molecule has 3 aromatic heterocycles. The highest BCUT2D eigenvalue weighted by Gasteiger charge is 2.23. The third kappa shape index (κ3) is 5.52.